The fraction of sp³-hybridized carbons (Fsp3) is 0.538. The Balaban J connectivity index is 2.21. The molecule has 1 N–H and O–H groups in total. The van der Waals surface area contributed by atoms with Crippen LogP contribution in [0.5, 0.6) is 0 Å². The molecule has 0 fully saturated rings. The molecular formula is C26H42O3Si2. The highest BCUT2D eigenvalue weighted by Gasteiger charge is 2.50. The van der Waals surface area contributed by atoms with Gasteiger partial charge in [-0.1, -0.05) is 102 Å². The Morgan fingerprint density at radius 2 is 1.19 bits per heavy atom. The Kier molecular flexibility index (Phi) is 8.50. The van der Waals surface area contributed by atoms with E-state index in [4.69, 9.17) is 8.85 Å². The van der Waals surface area contributed by atoms with Gasteiger partial charge in [-0.2, -0.15) is 0 Å². The topological polar surface area (TPSA) is 38.7 Å². The van der Waals surface area contributed by atoms with Gasteiger partial charge in [0.2, 0.25) is 0 Å². The first-order valence-corrected chi connectivity index (χ1v) is 16.2. The smallest absolute Gasteiger partial charge is 0.261 e. The molecule has 0 aromatic heterocycles. The molecule has 0 saturated heterocycles. The molecule has 3 nitrogen and oxygen atoms in total. The van der Waals surface area contributed by atoms with Crippen molar-refractivity contribution < 1.29 is 14.0 Å². The lowest BCUT2D eigenvalue weighted by Crippen LogP contribution is -2.67. The minimum Gasteiger partial charge on any atom is -0.417 e. The van der Waals surface area contributed by atoms with Crippen molar-refractivity contribution in [2.24, 2.45) is 0 Å². The van der Waals surface area contributed by atoms with Crippen molar-refractivity contribution in [2.75, 3.05) is 13.2 Å². The van der Waals surface area contributed by atoms with E-state index in [9.17, 15) is 5.11 Å². The Bertz CT molecular complexity index is 753. The van der Waals surface area contributed by atoms with Crippen molar-refractivity contribution >= 4 is 27.0 Å². The summed E-state index contributed by atoms with van der Waals surface area (Å²) >= 11 is 0. The SMILES string of the molecule is CC(C)(C)[Si](C)(C)OCCC(O)CO[Si](c1ccccc1)(c1ccccc1)C(C)(C)C. The molecule has 0 radical (unpaired) electrons. The molecular weight excluding hydrogens is 416 g/mol. The molecule has 5 heteroatoms. The van der Waals surface area contributed by atoms with Crippen molar-refractivity contribution in [2.45, 2.75) is 77.2 Å². The quantitative estimate of drug-likeness (QED) is 0.516. The summed E-state index contributed by atoms with van der Waals surface area (Å²) in [6.07, 6.45) is 0.0384. The maximum absolute atomic E-state index is 10.8. The maximum atomic E-state index is 10.8. The normalized spacial score (nSPS) is 14.5. The van der Waals surface area contributed by atoms with Crippen LogP contribution in [-0.2, 0) is 8.85 Å². The van der Waals surface area contributed by atoms with E-state index in [0.29, 0.717) is 19.6 Å². The van der Waals surface area contributed by atoms with Crippen LogP contribution in [0.1, 0.15) is 48.0 Å². The predicted molar refractivity (Wildman–Crippen MR) is 137 cm³/mol. The highest BCUT2D eigenvalue weighted by Crippen LogP contribution is 2.38. The molecule has 0 aliphatic heterocycles. The van der Waals surface area contributed by atoms with Gasteiger partial charge >= 0.3 is 0 Å². The van der Waals surface area contributed by atoms with E-state index in [1.54, 1.807) is 0 Å². The van der Waals surface area contributed by atoms with Crippen molar-refractivity contribution in [3.05, 3.63) is 60.7 Å². The Hall–Kier alpha value is -1.25. The number of benzene rings is 2. The van der Waals surface area contributed by atoms with E-state index in [1.165, 1.54) is 10.4 Å². The van der Waals surface area contributed by atoms with Gasteiger partial charge in [0.1, 0.15) is 0 Å². The van der Waals surface area contributed by atoms with Crippen LogP contribution in [0.4, 0.5) is 0 Å². The minimum atomic E-state index is -2.61. The van der Waals surface area contributed by atoms with Crippen LogP contribution in [0.25, 0.3) is 0 Å². The van der Waals surface area contributed by atoms with E-state index < -0.39 is 22.7 Å². The monoisotopic (exact) mass is 458 g/mol. The van der Waals surface area contributed by atoms with Crippen molar-refractivity contribution in [1.82, 2.24) is 0 Å². The van der Waals surface area contributed by atoms with E-state index in [-0.39, 0.29) is 10.1 Å². The lowest BCUT2D eigenvalue weighted by molar-refractivity contribution is 0.0796. The van der Waals surface area contributed by atoms with E-state index >= 15 is 0 Å². The summed E-state index contributed by atoms with van der Waals surface area (Å²) in [5, 5.41) is 13.4. The second kappa shape index (κ2) is 10.1. The Morgan fingerprint density at radius 1 is 0.742 bits per heavy atom. The summed E-state index contributed by atoms with van der Waals surface area (Å²) in [6.45, 7) is 18.9. The molecule has 0 spiro atoms. The molecule has 2 aromatic rings. The van der Waals surface area contributed by atoms with Gasteiger partial charge in [-0.25, -0.2) is 0 Å². The number of aliphatic hydroxyl groups is 1. The van der Waals surface area contributed by atoms with Crippen LogP contribution in [0.2, 0.25) is 23.2 Å². The lowest BCUT2D eigenvalue weighted by atomic mass is 10.2. The predicted octanol–water partition coefficient (Wildman–Crippen LogP) is 5.34. The van der Waals surface area contributed by atoms with Crippen LogP contribution < -0.4 is 10.4 Å². The summed E-state index contributed by atoms with van der Waals surface area (Å²) in [6, 6.07) is 21.1. The highest BCUT2D eigenvalue weighted by molar-refractivity contribution is 6.99. The zero-order chi connectivity index (χ0) is 23.3. The van der Waals surface area contributed by atoms with Gasteiger partial charge in [0.15, 0.2) is 8.32 Å². The maximum Gasteiger partial charge on any atom is 0.261 e. The molecule has 0 aliphatic carbocycles. The number of hydrogen-bond donors (Lipinski definition) is 1. The van der Waals surface area contributed by atoms with Gasteiger partial charge < -0.3 is 14.0 Å². The molecule has 0 bridgehead atoms. The third kappa shape index (κ3) is 6.17. The highest BCUT2D eigenvalue weighted by atomic mass is 28.4. The molecule has 0 amide bonds. The standard InChI is InChI=1S/C26H42O3Si2/c1-25(2,3)30(7,8)28-20-19-22(27)21-29-31(26(4,5)6,23-15-11-9-12-16-23)24-17-13-10-14-18-24/h9-18,22,27H,19-21H2,1-8H3. The van der Waals surface area contributed by atoms with Crippen LogP contribution in [0.15, 0.2) is 60.7 Å². The Morgan fingerprint density at radius 3 is 1.58 bits per heavy atom. The summed E-state index contributed by atoms with van der Waals surface area (Å²) in [5.41, 5.74) is 0. The second-order valence-corrected chi connectivity index (χ2v) is 20.1. The summed E-state index contributed by atoms with van der Waals surface area (Å²) < 4.78 is 13.1. The molecule has 0 saturated carbocycles. The molecule has 0 aliphatic rings. The summed E-state index contributed by atoms with van der Waals surface area (Å²) in [4.78, 5) is 0. The van der Waals surface area contributed by atoms with Crippen LogP contribution in [-0.4, -0.2) is 41.1 Å². The Labute approximate surface area is 192 Å². The van der Waals surface area contributed by atoms with E-state index in [2.05, 4.69) is 103 Å². The summed E-state index contributed by atoms with van der Waals surface area (Å²) in [5.74, 6) is 0. The number of rotatable bonds is 9. The molecule has 2 aromatic carbocycles. The third-order valence-corrected chi connectivity index (χ3v) is 16.2. The number of aliphatic hydroxyl groups excluding tert-OH is 1. The van der Waals surface area contributed by atoms with Crippen molar-refractivity contribution in [3.63, 3.8) is 0 Å². The number of hydrogen-bond acceptors (Lipinski definition) is 3. The van der Waals surface area contributed by atoms with Gasteiger partial charge in [0.25, 0.3) is 8.32 Å². The third-order valence-electron chi connectivity index (χ3n) is 6.63. The van der Waals surface area contributed by atoms with Crippen molar-refractivity contribution in [3.8, 4) is 0 Å². The van der Waals surface area contributed by atoms with E-state index in [1.807, 2.05) is 12.1 Å². The van der Waals surface area contributed by atoms with E-state index in [0.717, 1.165) is 0 Å². The minimum absolute atomic E-state index is 0.0902. The molecule has 1 atom stereocenters. The van der Waals surface area contributed by atoms with Crippen LogP contribution in [0, 0.1) is 0 Å². The fourth-order valence-electron chi connectivity index (χ4n) is 3.73. The van der Waals surface area contributed by atoms with Crippen LogP contribution in [0.3, 0.4) is 0 Å². The first-order valence-electron chi connectivity index (χ1n) is 11.4. The van der Waals surface area contributed by atoms with Gasteiger partial charge in [-0.05, 0) is 40.0 Å². The summed E-state index contributed by atoms with van der Waals surface area (Å²) in [7, 11) is -4.42. The molecule has 31 heavy (non-hydrogen) atoms. The van der Waals surface area contributed by atoms with Crippen LogP contribution >= 0.6 is 0 Å². The zero-order valence-electron chi connectivity index (χ0n) is 20.7. The van der Waals surface area contributed by atoms with Gasteiger partial charge in [0.05, 0.1) is 12.7 Å². The zero-order valence-corrected chi connectivity index (χ0v) is 22.7. The first-order chi connectivity index (χ1) is 14.3. The fourth-order valence-corrected chi connectivity index (χ4v) is 9.39. The van der Waals surface area contributed by atoms with Gasteiger partial charge in [-0.15, -0.1) is 0 Å². The second-order valence-electron chi connectivity index (χ2n) is 11.0. The van der Waals surface area contributed by atoms with Gasteiger partial charge in [-0.3, -0.25) is 0 Å². The average Bonchev–Trinajstić information content (AvgIpc) is 2.68. The average molecular weight is 459 g/mol. The molecule has 0 heterocycles. The lowest BCUT2D eigenvalue weighted by Gasteiger charge is -2.43. The van der Waals surface area contributed by atoms with Gasteiger partial charge in [0, 0.05) is 6.61 Å². The molecule has 172 valence electrons. The largest absolute Gasteiger partial charge is 0.417 e. The van der Waals surface area contributed by atoms with Crippen molar-refractivity contribution in [1.29, 1.82) is 0 Å². The molecule has 1 unspecified atom stereocenters. The first kappa shape index (κ1) is 26.0. The molecule has 2 rings (SSSR count).